The normalized spacial score (nSPS) is 16.0. The summed E-state index contributed by atoms with van der Waals surface area (Å²) >= 11 is 0. The molecule has 1 fully saturated rings. The van der Waals surface area contributed by atoms with Crippen LogP contribution in [-0.2, 0) is 11.0 Å². The predicted molar refractivity (Wildman–Crippen MR) is 122 cm³/mol. The van der Waals surface area contributed by atoms with Gasteiger partial charge in [-0.05, 0) is 67.8 Å². The molecule has 10 heteroatoms. The molecule has 2 heterocycles. The third kappa shape index (κ3) is 5.71. The highest BCUT2D eigenvalue weighted by Gasteiger charge is 2.34. The molecule has 1 atom stereocenters. The zero-order chi connectivity index (χ0) is 25.0. The second kappa shape index (κ2) is 10.0. The Bertz CT molecular complexity index is 1220. The number of alkyl halides is 3. The van der Waals surface area contributed by atoms with Gasteiger partial charge in [0, 0.05) is 23.5 Å². The summed E-state index contributed by atoms with van der Waals surface area (Å²) in [5.41, 5.74) is -0.416. The van der Waals surface area contributed by atoms with Gasteiger partial charge in [0.25, 0.3) is 11.8 Å². The topological polar surface area (TPSA) is 91.7 Å². The highest BCUT2D eigenvalue weighted by molar-refractivity contribution is 6.06. The molecule has 0 radical (unpaired) electrons. The Hall–Kier alpha value is -4.08. The lowest BCUT2D eigenvalue weighted by Crippen LogP contribution is -2.49. The molecule has 3 amide bonds. The van der Waals surface area contributed by atoms with Crippen molar-refractivity contribution in [1.29, 1.82) is 0 Å². The lowest BCUT2D eigenvalue weighted by molar-refractivity contribution is -0.137. The predicted octanol–water partition coefficient (Wildman–Crippen LogP) is 5.18. The molecule has 2 N–H and O–H groups in total. The quantitative estimate of drug-likeness (QED) is 0.521. The molecule has 0 aliphatic carbocycles. The molecule has 0 spiro atoms. The van der Waals surface area contributed by atoms with Gasteiger partial charge >= 0.3 is 6.18 Å². The largest absolute Gasteiger partial charge is 0.459 e. The Kier molecular flexibility index (Phi) is 6.90. The molecule has 1 aliphatic heterocycles. The molecule has 35 heavy (non-hydrogen) atoms. The molecule has 182 valence electrons. The van der Waals surface area contributed by atoms with Gasteiger partial charge in [0.05, 0.1) is 11.8 Å². The van der Waals surface area contributed by atoms with Crippen LogP contribution >= 0.6 is 0 Å². The second-order valence-electron chi connectivity index (χ2n) is 8.09. The Morgan fingerprint density at radius 2 is 1.66 bits per heavy atom. The Morgan fingerprint density at radius 1 is 0.914 bits per heavy atom. The lowest BCUT2D eigenvalue weighted by Gasteiger charge is -2.34. The van der Waals surface area contributed by atoms with Crippen molar-refractivity contribution >= 4 is 29.1 Å². The van der Waals surface area contributed by atoms with Crippen LogP contribution in [0.4, 0.5) is 24.5 Å². The number of benzene rings is 2. The van der Waals surface area contributed by atoms with Gasteiger partial charge in [-0.25, -0.2) is 0 Å². The molecule has 4 rings (SSSR count). The van der Waals surface area contributed by atoms with E-state index in [2.05, 4.69) is 10.6 Å². The summed E-state index contributed by atoms with van der Waals surface area (Å²) in [7, 11) is 0. The maximum Gasteiger partial charge on any atom is 0.416 e. The highest BCUT2D eigenvalue weighted by atomic mass is 19.4. The number of amides is 3. The number of nitrogens with zero attached hydrogens (tertiary/aromatic N) is 1. The SMILES string of the molecule is O=C(Nc1cccc(C(F)(F)F)c1)c1cccc(NC(=O)C2CCCCN2C(=O)c2ccco2)c1. The maximum absolute atomic E-state index is 13.0. The van der Waals surface area contributed by atoms with E-state index in [0.29, 0.717) is 18.7 Å². The monoisotopic (exact) mass is 485 g/mol. The lowest BCUT2D eigenvalue weighted by atomic mass is 10.0. The van der Waals surface area contributed by atoms with E-state index in [1.807, 2.05) is 0 Å². The van der Waals surface area contributed by atoms with Gasteiger partial charge in [-0.2, -0.15) is 13.2 Å². The standard InChI is InChI=1S/C25H22F3N3O4/c26-25(27,28)17-7-4-9-19(15-17)29-22(32)16-6-3-8-18(14-16)30-23(33)20-10-1-2-12-31(20)24(34)21-11-5-13-35-21/h3-9,11,13-15,20H,1-2,10,12H2,(H,29,32)(H,30,33). The van der Waals surface area contributed by atoms with Crippen molar-refractivity contribution < 1.29 is 32.0 Å². The summed E-state index contributed by atoms with van der Waals surface area (Å²) < 4.78 is 44.0. The maximum atomic E-state index is 13.0. The van der Waals surface area contributed by atoms with Crippen molar-refractivity contribution in [2.24, 2.45) is 0 Å². The fraction of sp³-hybridized carbons (Fsp3) is 0.240. The van der Waals surface area contributed by atoms with Crippen LogP contribution in [0.5, 0.6) is 0 Å². The molecule has 1 aromatic heterocycles. The number of halogens is 3. The van der Waals surface area contributed by atoms with E-state index < -0.39 is 29.6 Å². The van der Waals surface area contributed by atoms with E-state index >= 15 is 0 Å². The summed E-state index contributed by atoms with van der Waals surface area (Å²) in [5, 5.41) is 5.18. The van der Waals surface area contributed by atoms with Gasteiger partial charge in [0.15, 0.2) is 5.76 Å². The van der Waals surface area contributed by atoms with Crippen LogP contribution in [0.1, 0.15) is 45.7 Å². The number of carbonyl (C=O) groups is 3. The van der Waals surface area contributed by atoms with Gasteiger partial charge in [-0.3, -0.25) is 14.4 Å². The molecule has 1 aliphatic rings. The second-order valence-corrected chi connectivity index (χ2v) is 8.09. The fourth-order valence-electron chi connectivity index (χ4n) is 3.93. The van der Waals surface area contributed by atoms with Gasteiger partial charge < -0.3 is 20.0 Å². The van der Waals surface area contributed by atoms with E-state index in [0.717, 1.165) is 25.0 Å². The molecule has 0 bridgehead atoms. The number of piperidine rings is 1. The average Bonchev–Trinajstić information content (AvgIpc) is 3.38. The van der Waals surface area contributed by atoms with Gasteiger partial charge in [-0.15, -0.1) is 0 Å². The van der Waals surface area contributed by atoms with Crippen molar-refractivity contribution in [3.8, 4) is 0 Å². The van der Waals surface area contributed by atoms with Crippen molar-refractivity contribution in [2.75, 3.05) is 17.2 Å². The Balaban J connectivity index is 1.45. The molecule has 1 saturated heterocycles. The molecule has 0 saturated carbocycles. The summed E-state index contributed by atoms with van der Waals surface area (Å²) in [4.78, 5) is 39.9. The first-order chi connectivity index (χ1) is 16.7. The zero-order valence-electron chi connectivity index (χ0n) is 18.5. The number of furan rings is 1. The summed E-state index contributed by atoms with van der Waals surface area (Å²) in [5.74, 6) is -1.25. The van der Waals surface area contributed by atoms with Crippen molar-refractivity contribution in [2.45, 2.75) is 31.5 Å². The molecule has 1 unspecified atom stereocenters. The number of hydrogen-bond donors (Lipinski definition) is 2. The van der Waals surface area contributed by atoms with Crippen LogP contribution in [0.2, 0.25) is 0 Å². The van der Waals surface area contributed by atoms with E-state index in [9.17, 15) is 27.6 Å². The number of hydrogen-bond acceptors (Lipinski definition) is 4. The van der Waals surface area contributed by atoms with E-state index in [1.54, 1.807) is 24.3 Å². The fourth-order valence-corrected chi connectivity index (χ4v) is 3.93. The average molecular weight is 485 g/mol. The van der Waals surface area contributed by atoms with Gasteiger partial charge in [0.2, 0.25) is 5.91 Å². The van der Waals surface area contributed by atoms with Gasteiger partial charge in [-0.1, -0.05) is 12.1 Å². The number of likely N-dealkylation sites (tertiary alicyclic amines) is 1. The molecule has 3 aromatic rings. The number of carbonyl (C=O) groups excluding carboxylic acids is 3. The van der Waals surface area contributed by atoms with E-state index in [4.69, 9.17) is 4.42 Å². The van der Waals surface area contributed by atoms with Crippen LogP contribution in [0.25, 0.3) is 0 Å². The zero-order valence-corrected chi connectivity index (χ0v) is 18.5. The minimum Gasteiger partial charge on any atom is -0.459 e. The van der Waals surface area contributed by atoms with Crippen LogP contribution in [-0.4, -0.2) is 35.2 Å². The van der Waals surface area contributed by atoms with Crippen LogP contribution < -0.4 is 10.6 Å². The first kappa shape index (κ1) is 24.1. The van der Waals surface area contributed by atoms with Crippen LogP contribution in [0.3, 0.4) is 0 Å². The van der Waals surface area contributed by atoms with Crippen LogP contribution in [0, 0.1) is 0 Å². The summed E-state index contributed by atoms with van der Waals surface area (Å²) in [6.07, 6.45) is -1.12. The molecular formula is C25H22F3N3O4. The van der Waals surface area contributed by atoms with Crippen molar-refractivity contribution in [3.63, 3.8) is 0 Å². The van der Waals surface area contributed by atoms with E-state index in [-0.39, 0.29) is 22.9 Å². The number of nitrogens with one attached hydrogen (secondary N) is 2. The third-order valence-electron chi connectivity index (χ3n) is 5.64. The minimum atomic E-state index is -4.53. The first-order valence-electron chi connectivity index (χ1n) is 11.0. The molecule has 2 aromatic carbocycles. The molecular weight excluding hydrogens is 463 g/mol. The van der Waals surface area contributed by atoms with Gasteiger partial charge in [0.1, 0.15) is 6.04 Å². The highest BCUT2D eigenvalue weighted by Crippen LogP contribution is 2.31. The first-order valence-corrected chi connectivity index (χ1v) is 11.0. The van der Waals surface area contributed by atoms with Crippen molar-refractivity contribution in [3.05, 3.63) is 83.8 Å². The Labute approximate surface area is 198 Å². The summed E-state index contributed by atoms with van der Waals surface area (Å²) in [6.45, 7) is 0.414. The third-order valence-corrected chi connectivity index (χ3v) is 5.64. The minimum absolute atomic E-state index is 0.00597. The molecule has 7 nitrogen and oxygen atoms in total. The van der Waals surface area contributed by atoms with E-state index in [1.165, 1.54) is 35.4 Å². The number of rotatable bonds is 5. The Morgan fingerprint density at radius 3 is 2.37 bits per heavy atom. The number of anilines is 2. The van der Waals surface area contributed by atoms with Crippen LogP contribution in [0.15, 0.2) is 71.3 Å². The van der Waals surface area contributed by atoms with Crippen molar-refractivity contribution in [1.82, 2.24) is 4.90 Å². The smallest absolute Gasteiger partial charge is 0.416 e. The summed E-state index contributed by atoms with van der Waals surface area (Å²) in [6, 6.07) is 12.8.